The fraction of sp³-hybridized carbons (Fsp3) is 0.250. The highest BCUT2D eigenvalue weighted by molar-refractivity contribution is 5.98. The number of aryl methyl sites for hydroxylation is 1. The molecule has 0 atom stereocenters. The number of rotatable bonds is 4. The molecule has 0 saturated carbocycles. The van der Waals surface area contributed by atoms with E-state index in [4.69, 9.17) is 5.73 Å². The van der Waals surface area contributed by atoms with Gasteiger partial charge in [-0.15, -0.1) is 0 Å². The molecule has 0 aliphatic rings. The molecule has 7 heteroatoms. The van der Waals surface area contributed by atoms with Gasteiger partial charge in [0.15, 0.2) is 5.82 Å². The van der Waals surface area contributed by atoms with Crippen LogP contribution in [0, 0.1) is 0 Å². The van der Waals surface area contributed by atoms with Gasteiger partial charge in [0.25, 0.3) is 0 Å². The lowest BCUT2D eigenvalue weighted by Gasteiger charge is -2.10. The SMILES string of the molecule is COC(=O)c1cccc(NCc2ncn(C)n2)c1N. The Hall–Kier alpha value is -2.57. The molecule has 7 nitrogen and oxygen atoms in total. The van der Waals surface area contributed by atoms with Crippen LogP contribution in [-0.2, 0) is 18.3 Å². The number of anilines is 2. The van der Waals surface area contributed by atoms with Crippen LogP contribution in [0.5, 0.6) is 0 Å². The molecule has 2 rings (SSSR count). The van der Waals surface area contributed by atoms with Crippen molar-refractivity contribution < 1.29 is 9.53 Å². The molecule has 0 aliphatic heterocycles. The number of nitrogens with one attached hydrogen (secondary N) is 1. The van der Waals surface area contributed by atoms with Gasteiger partial charge < -0.3 is 15.8 Å². The first-order chi connectivity index (χ1) is 9.11. The van der Waals surface area contributed by atoms with Crippen molar-refractivity contribution in [3.63, 3.8) is 0 Å². The molecule has 0 amide bonds. The molecule has 0 saturated heterocycles. The van der Waals surface area contributed by atoms with Gasteiger partial charge in [-0.3, -0.25) is 4.68 Å². The standard InChI is InChI=1S/C12H15N5O2/c1-17-7-15-10(16-17)6-14-9-5-3-4-8(11(9)13)12(18)19-2/h3-5,7,14H,6,13H2,1-2H3. The largest absolute Gasteiger partial charge is 0.465 e. The Morgan fingerprint density at radius 3 is 2.95 bits per heavy atom. The molecule has 0 bridgehead atoms. The minimum atomic E-state index is -0.461. The molecule has 1 heterocycles. The molecule has 3 N–H and O–H groups in total. The van der Waals surface area contributed by atoms with E-state index in [1.165, 1.54) is 7.11 Å². The van der Waals surface area contributed by atoms with Crippen LogP contribution >= 0.6 is 0 Å². The van der Waals surface area contributed by atoms with Crippen LogP contribution in [0.1, 0.15) is 16.2 Å². The zero-order chi connectivity index (χ0) is 13.8. The van der Waals surface area contributed by atoms with Gasteiger partial charge in [0, 0.05) is 7.05 Å². The van der Waals surface area contributed by atoms with Gasteiger partial charge in [-0.2, -0.15) is 5.10 Å². The zero-order valence-electron chi connectivity index (χ0n) is 10.8. The Balaban J connectivity index is 2.14. The topological polar surface area (TPSA) is 95.1 Å². The van der Waals surface area contributed by atoms with Crippen LogP contribution in [0.4, 0.5) is 11.4 Å². The number of hydrogen-bond donors (Lipinski definition) is 2. The first-order valence-corrected chi connectivity index (χ1v) is 5.67. The Morgan fingerprint density at radius 1 is 1.53 bits per heavy atom. The number of ether oxygens (including phenoxy) is 1. The average molecular weight is 261 g/mol. The Labute approximate surface area is 110 Å². The van der Waals surface area contributed by atoms with E-state index in [2.05, 4.69) is 20.1 Å². The lowest BCUT2D eigenvalue weighted by molar-refractivity contribution is 0.0602. The van der Waals surface area contributed by atoms with Crippen LogP contribution in [0.25, 0.3) is 0 Å². The second-order valence-corrected chi connectivity index (χ2v) is 3.95. The number of hydrogen-bond acceptors (Lipinski definition) is 6. The van der Waals surface area contributed by atoms with E-state index in [0.717, 1.165) is 0 Å². The quantitative estimate of drug-likeness (QED) is 0.624. The van der Waals surface area contributed by atoms with Crippen molar-refractivity contribution in [3.05, 3.63) is 35.9 Å². The summed E-state index contributed by atoms with van der Waals surface area (Å²) >= 11 is 0. The number of aromatic nitrogens is 3. The summed E-state index contributed by atoms with van der Waals surface area (Å²) < 4.78 is 6.28. The number of benzene rings is 1. The summed E-state index contributed by atoms with van der Waals surface area (Å²) in [5.41, 5.74) is 7.26. The Bertz CT molecular complexity index is 594. The number of esters is 1. The van der Waals surface area contributed by atoms with E-state index in [0.29, 0.717) is 29.3 Å². The van der Waals surface area contributed by atoms with Crippen LogP contribution in [0.3, 0.4) is 0 Å². The number of nitrogens with zero attached hydrogens (tertiary/aromatic N) is 3. The summed E-state index contributed by atoms with van der Waals surface area (Å²) in [6.45, 7) is 0.426. The highest BCUT2D eigenvalue weighted by Crippen LogP contribution is 2.23. The maximum absolute atomic E-state index is 11.5. The average Bonchev–Trinajstić information content (AvgIpc) is 2.82. The summed E-state index contributed by atoms with van der Waals surface area (Å²) in [6.07, 6.45) is 1.62. The monoisotopic (exact) mass is 261 g/mol. The van der Waals surface area contributed by atoms with Crippen molar-refractivity contribution in [1.29, 1.82) is 0 Å². The van der Waals surface area contributed by atoms with Crippen molar-refractivity contribution in [2.24, 2.45) is 7.05 Å². The number of para-hydroxylation sites is 1. The summed E-state index contributed by atoms with van der Waals surface area (Å²) in [5, 5.41) is 7.23. The predicted molar refractivity (Wildman–Crippen MR) is 70.5 cm³/mol. The maximum atomic E-state index is 11.5. The molecule has 1 aromatic heterocycles. The lowest BCUT2D eigenvalue weighted by atomic mass is 10.1. The normalized spacial score (nSPS) is 10.2. The third-order valence-corrected chi connectivity index (χ3v) is 2.60. The molecule has 1 aromatic carbocycles. The summed E-state index contributed by atoms with van der Waals surface area (Å²) in [6, 6.07) is 5.13. The number of carbonyl (C=O) groups is 1. The van der Waals surface area contributed by atoms with Gasteiger partial charge in [0.1, 0.15) is 6.33 Å². The van der Waals surface area contributed by atoms with Crippen LogP contribution < -0.4 is 11.1 Å². The van der Waals surface area contributed by atoms with Crippen LogP contribution in [0.2, 0.25) is 0 Å². The molecule has 0 unspecified atom stereocenters. The van der Waals surface area contributed by atoms with Gasteiger partial charge in [0.05, 0.1) is 30.6 Å². The van der Waals surface area contributed by atoms with Crippen molar-refractivity contribution in [2.45, 2.75) is 6.54 Å². The number of nitrogens with two attached hydrogens (primary N) is 1. The molecule has 0 radical (unpaired) electrons. The number of carbonyl (C=O) groups excluding carboxylic acids is 1. The Kier molecular flexibility index (Phi) is 3.65. The van der Waals surface area contributed by atoms with E-state index in [9.17, 15) is 4.79 Å². The highest BCUT2D eigenvalue weighted by Gasteiger charge is 2.12. The summed E-state index contributed by atoms with van der Waals surface area (Å²) in [7, 11) is 3.11. The minimum absolute atomic E-state index is 0.335. The lowest BCUT2D eigenvalue weighted by Crippen LogP contribution is -2.09. The van der Waals surface area contributed by atoms with E-state index in [1.54, 1.807) is 36.3 Å². The van der Waals surface area contributed by atoms with Gasteiger partial charge in [0.2, 0.25) is 0 Å². The highest BCUT2D eigenvalue weighted by atomic mass is 16.5. The number of nitrogen functional groups attached to an aromatic ring is 1. The molecule has 0 aliphatic carbocycles. The molecule has 100 valence electrons. The molecule has 0 fully saturated rings. The zero-order valence-corrected chi connectivity index (χ0v) is 10.8. The van der Waals surface area contributed by atoms with Gasteiger partial charge in [-0.25, -0.2) is 9.78 Å². The van der Waals surface area contributed by atoms with Crippen molar-refractivity contribution in [2.75, 3.05) is 18.2 Å². The third kappa shape index (κ3) is 2.82. The van der Waals surface area contributed by atoms with E-state index < -0.39 is 5.97 Å². The van der Waals surface area contributed by atoms with Crippen molar-refractivity contribution in [1.82, 2.24) is 14.8 Å². The second-order valence-electron chi connectivity index (χ2n) is 3.95. The summed E-state index contributed by atoms with van der Waals surface area (Å²) in [4.78, 5) is 15.6. The molecular weight excluding hydrogens is 246 g/mol. The maximum Gasteiger partial charge on any atom is 0.340 e. The molecular formula is C12H15N5O2. The fourth-order valence-corrected chi connectivity index (χ4v) is 1.65. The van der Waals surface area contributed by atoms with Gasteiger partial charge in [-0.1, -0.05) is 6.07 Å². The van der Waals surface area contributed by atoms with E-state index in [1.807, 2.05) is 0 Å². The van der Waals surface area contributed by atoms with Gasteiger partial charge in [-0.05, 0) is 12.1 Å². The van der Waals surface area contributed by atoms with E-state index >= 15 is 0 Å². The van der Waals surface area contributed by atoms with Crippen LogP contribution in [-0.4, -0.2) is 27.8 Å². The minimum Gasteiger partial charge on any atom is -0.465 e. The first-order valence-electron chi connectivity index (χ1n) is 5.67. The van der Waals surface area contributed by atoms with Gasteiger partial charge >= 0.3 is 5.97 Å². The summed E-state index contributed by atoms with van der Waals surface area (Å²) in [5.74, 6) is 0.183. The van der Waals surface area contributed by atoms with Crippen LogP contribution in [0.15, 0.2) is 24.5 Å². The van der Waals surface area contributed by atoms with Crippen molar-refractivity contribution >= 4 is 17.3 Å². The molecule has 2 aromatic rings. The predicted octanol–water partition coefficient (Wildman–Crippen LogP) is 0.796. The van der Waals surface area contributed by atoms with Crippen molar-refractivity contribution in [3.8, 4) is 0 Å². The first kappa shape index (κ1) is 12.9. The van der Waals surface area contributed by atoms with E-state index in [-0.39, 0.29) is 0 Å². The third-order valence-electron chi connectivity index (χ3n) is 2.60. The Morgan fingerprint density at radius 2 is 2.32 bits per heavy atom. The fourth-order valence-electron chi connectivity index (χ4n) is 1.65. The molecule has 19 heavy (non-hydrogen) atoms. The smallest absolute Gasteiger partial charge is 0.340 e. The second kappa shape index (κ2) is 5.38. The molecule has 0 spiro atoms. The number of methoxy groups -OCH3 is 1.